The zero-order valence-corrected chi connectivity index (χ0v) is 6.62. The highest BCUT2D eigenvalue weighted by molar-refractivity contribution is 6.11. The number of hydrogen-bond acceptors (Lipinski definition) is 2. The fourth-order valence-electron chi connectivity index (χ4n) is 0.943. The zero-order valence-electron chi connectivity index (χ0n) is 6.62. The molecule has 0 bridgehead atoms. The third kappa shape index (κ3) is 1.80. The maximum Gasteiger partial charge on any atom is 0.0660 e. The molecule has 0 aliphatic heterocycles. The minimum Gasteiger partial charge on any atom is -0.404 e. The Morgan fingerprint density at radius 1 is 1.45 bits per heavy atom. The van der Waals surface area contributed by atoms with Crippen LogP contribution in [0.15, 0.2) is 41.1 Å². The van der Waals surface area contributed by atoms with Crippen molar-refractivity contribution in [2.75, 3.05) is 6.54 Å². The highest BCUT2D eigenvalue weighted by Crippen LogP contribution is 2.06. The van der Waals surface area contributed by atoms with Gasteiger partial charge in [-0.25, -0.2) is 0 Å². The minimum atomic E-state index is 0.796. The Balaban J connectivity index is 2.88. The summed E-state index contributed by atoms with van der Waals surface area (Å²) in [4.78, 5) is 4.27. The maximum absolute atomic E-state index is 5.40. The molecule has 0 radical (unpaired) electrons. The molecule has 58 valence electrons. The molecule has 0 aromatic rings. The van der Waals surface area contributed by atoms with Gasteiger partial charge < -0.3 is 5.73 Å². The first kappa shape index (κ1) is 7.79. The lowest BCUT2D eigenvalue weighted by molar-refractivity contribution is 1.13. The molecule has 0 atom stereocenters. The fraction of sp³-hybridized carbons (Fsp3) is 0.222. The van der Waals surface area contributed by atoms with Crippen LogP contribution in [0, 0.1) is 0 Å². The Morgan fingerprint density at radius 3 is 2.82 bits per heavy atom. The minimum absolute atomic E-state index is 0.796. The number of rotatable bonds is 1. The topological polar surface area (TPSA) is 38.4 Å². The average molecular weight is 148 g/mol. The van der Waals surface area contributed by atoms with Crippen molar-refractivity contribution in [3.8, 4) is 0 Å². The highest BCUT2D eigenvalue weighted by atomic mass is 14.7. The number of hydrogen-bond donors (Lipinski definition) is 1. The van der Waals surface area contributed by atoms with Crippen molar-refractivity contribution in [2.45, 2.75) is 6.92 Å². The van der Waals surface area contributed by atoms with Crippen molar-refractivity contribution in [3.63, 3.8) is 0 Å². The van der Waals surface area contributed by atoms with Crippen molar-refractivity contribution in [1.82, 2.24) is 0 Å². The monoisotopic (exact) mass is 148 g/mol. The predicted molar refractivity (Wildman–Crippen MR) is 48.5 cm³/mol. The lowest BCUT2D eigenvalue weighted by Gasteiger charge is -2.03. The molecule has 11 heavy (non-hydrogen) atoms. The van der Waals surface area contributed by atoms with Gasteiger partial charge in [0, 0.05) is 18.3 Å². The van der Waals surface area contributed by atoms with Crippen LogP contribution in [0.3, 0.4) is 0 Å². The molecule has 0 fully saturated rings. The van der Waals surface area contributed by atoms with Crippen molar-refractivity contribution < 1.29 is 0 Å². The summed E-state index contributed by atoms with van der Waals surface area (Å²) in [7, 11) is 0. The van der Waals surface area contributed by atoms with E-state index in [0.29, 0.717) is 0 Å². The Kier molecular flexibility index (Phi) is 2.66. The van der Waals surface area contributed by atoms with Crippen LogP contribution in [-0.4, -0.2) is 12.3 Å². The van der Waals surface area contributed by atoms with Gasteiger partial charge in [0.25, 0.3) is 0 Å². The maximum atomic E-state index is 5.40. The summed E-state index contributed by atoms with van der Waals surface area (Å²) >= 11 is 0. The number of allylic oxidation sites excluding steroid dienone is 5. The molecule has 0 saturated heterocycles. The lowest BCUT2D eigenvalue weighted by atomic mass is 10.1. The highest BCUT2D eigenvalue weighted by Gasteiger charge is 2.00. The quantitative estimate of drug-likeness (QED) is 0.600. The first-order chi connectivity index (χ1) is 5.38. The van der Waals surface area contributed by atoms with E-state index in [9.17, 15) is 0 Å². The second kappa shape index (κ2) is 3.76. The molecule has 1 aliphatic carbocycles. The van der Waals surface area contributed by atoms with E-state index in [1.165, 1.54) is 0 Å². The number of aliphatic imine (C=N–C) groups is 1. The van der Waals surface area contributed by atoms with Crippen LogP contribution in [-0.2, 0) is 0 Å². The van der Waals surface area contributed by atoms with Gasteiger partial charge in [-0.05, 0) is 13.0 Å². The average Bonchev–Trinajstić information content (AvgIpc) is 2.06. The van der Waals surface area contributed by atoms with E-state index in [1.54, 1.807) is 6.20 Å². The fourth-order valence-corrected chi connectivity index (χ4v) is 0.943. The Hall–Kier alpha value is -1.31. The smallest absolute Gasteiger partial charge is 0.0660 e. The van der Waals surface area contributed by atoms with Crippen LogP contribution in [0.1, 0.15) is 6.92 Å². The summed E-state index contributed by atoms with van der Waals surface area (Å²) in [5.41, 5.74) is 7.36. The summed E-state index contributed by atoms with van der Waals surface area (Å²) in [5.74, 6) is 0. The molecule has 2 N–H and O–H groups in total. The molecule has 0 aromatic heterocycles. The van der Waals surface area contributed by atoms with E-state index in [0.717, 1.165) is 17.8 Å². The van der Waals surface area contributed by atoms with Gasteiger partial charge in [0.05, 0.1) is 5.71 Å². The molecule has 0 heterocycles. The van der Waals surface area contributed by atoms with Gasteiger partial charge >= 0.3 is 0 Å². The molecule has 0 aromatic carbocycles. The molecule has 0 amide bonds. The summed E-state index contributed by atoms with van der Waals surface area (Å²) in [6.07, 6.45) is 9.40. The molecular formula is C9H12N2. The van der Waals surface area contributed by atoms with Gasteiger partial charge in [0.15, 0.2) is 0 Å². The van der Waals surface area contributed by atoms with Crippen LogP contribution >= 0.6 is 0 Å². The summed E-state index contributed by atoms with van der Waals surface area (Å²) in [6, 6.07) is 0. The Morgan fingerprint density at radius 2 is 2.18 bits per heavy atom. The third-order valence-corrected chi connectivity index (χ3v) is 1.44. The van der Waals surface area contributed by atoms with E-state index in [2.05, 4.69) is 4.99 Å². The third-order valence-electron chi connectivity index (χ3n) is 1.44. The largest absolute Gasteiger partial charge is 0.404 e. The van der Waals surface area contributed by atoms with E-state index in [1.807, 2.05) is 31.2 Å². The first-order valence-corrected chi connectivity index (χ1v) is 3.70. The molecule has 0 unspecified atom stereocenters. The van der Waals surface area contributed by atoms with Crippen molar-refractivity contribution in [1.29, 1.82) is 0 Å². The Labute approximate surface area is 66.8 Å². The van der Waals surface area contributed by atoms with Crippen LogP contribution in [0.2, 0.25) is 0 Å². The molecule has 2 heteroatoms. The standard InChI is InChI=1S/C9H12N2/c1-2-11-9-6-4-3-5-8(9)7-10/h3-7H,2,10H2,1H3/b8-7-,11-9-. The van der Waals surface area contributed by atoms with E-state index in [4.69, 9.17) is 5.73 Å². The van der Waals surface area contributed by atoms with Crippen LogP contribution in [0.5, 0.6) is 0 Å². The number of nitrogens with two attached hydrogens (primary N) is 1. The first-order valence-electron chi connectivity index (χ1n) is 3.70. The summed E-state index contributed by atoms with van der Waals surface area (Å²) in [5, 5.41) is 0. The van der Waals surface area contributed by atoms with E-state index in [-0.39, 0.29) is 0 Å². The molecule has 1 aliphatic rings. The van der Waals surface area contributed by atoms with Gasteiger partial charge in [0.1, 0.15) is 0 Å². The Bertz CT molecular complexity index is 244. The number of nitrogens with zero attached hydrogens (tertiary/aromatic N) is 1. The molecule has 1 rings (SSSR count). The van der Waals surface area contributed by atoms with E-state index >= 15 is 0 Å². The molecular weight excluding hydrogens is 136 g/mol. The predicted octanol–water partition coefficient (Wildman–Crippen LogP) is 1.42. The van der Waals surface area contributed by atoms with Crippen LogP contribution in [0.25, 0.3) is 0 Å². The summed E-state index contributed by atoms with van der Waals surface area (Å²) in [6.45, 7) is 2.80. The van der Waals surface area contributed by atoms with Gasteiger partial charge in [0.2, 0.25) is 0 Å². The molecule has 0 spiro atoms. The van der Waals surface area contributed by atoms with E-state index < -0.39 is 0 Å². The van der Waals surface area contributed by atoms with Gasteiger partial charge in [-0.1, -0.05) is 18.2 Å². The lowest BCUT2D eigenvalue weighted by Crippen LogP contribution is -2.02. The summed E-state index contributed by atoms with van der Waals surface area (Å²) < 4.78 is 0. The molecule has 2 nitrogen and oxygen atoms in total. The van der Waals surface area contributed by atoms with Gasteiger partial charge in [-0.15, -0.1) is 0 Å². The second-order valence-corrected chi connectivity index (χ2v) is 2.20. The van der Waals surface area contributed by atoms with Crippen molar-refractivity contribution >= 4 is 5.71 Å². The molecule has 0 saturated carbocycles. The van der Waals surface area contributed by atoms with Crippen molar-refractivity contribution in [3.05, 3.63) is 36.1 Å². The van der Waals surface area contributed by atoms with Gasteiger partial charge in [-0.2, -0.15) is 0 Å². The normalized spacial score (nSPS) is 23.4. The van der Waals surface area contributed by atoms with Gasteiger partial charge in [-0.3, -0.25) is 4.99 Å². The van der Waals surface area contributed by atoms with Crippen LogP contribution in [0.4, 0.5) is 0 Å². The van der Waals surface area contributed by atoms with Crippen LogP contribution < -0.4 is 5.73 Å². The SMILES string of the molecule is CC/N=C1/C=CC=C/C1=C/N. The zero-order chi connectivity index (χ0) is 8.10. The second-order valence-electron chi connectivity index (χ2n) is 2.20. The van der Waals surface area contributed by atoms with Crippen molar-refractivity contribution in [2.24, 2.45) is 10.7 Å².